The Morgan fingerprint density at radius 1 is 1.25 bits per heavy atom. The zero-order chi connectivity index (χ0) is 11.0. The van der Waals surface area contributed by atoms with Crippen molar-refractivity contribution in [3.63, 3.8) is 0 Å². The van der Waals surface area contributed by atoms with Crippen molar-refractivity contribution in [3.8, 4) is 5.75 Å². The minimum absolute atomic E-state index is 1.01. The lowest BCUT2D eigenvalue weighted by molar-refractivity contribution is 0.409. The molecule has 0 atom stereocenters. The zero-order valence-corrected chi connectivity index (χ0v) is 10.7. The van der Waals surface area contributed by atoms with Crippen molar-refractivity contribution in [2.45, 2.75) is 17.1 Å². The number of ether oxygens (including phenoxy) is 1. The Morgan fingerprint density at radius 3 is 3.06 bits per heavy atom. The fraction of sp³-hybridized carbons (Fsp3) is 0.231. The molecular weight excluding hydrogens is 236 g/mol. The first-order valence-corrected chi connectivity index (χ1v) is 7.09. The number of thiophene rings is 1. The van der Waals surface area contributed by atoms with E-state index >= 15 is 0 Å². The number of hydrogen-bond acceptors (Lipinski definition) is 3. The van der Waals surface area contributed by atoms with E-state index in [2.05, 4.69) is 29.6 Å². The zero-order valence-electron chi connectivity index (χ0n) is 9.03. The van der Waals surface area contributed by atoms with Crippen LogP contribution in [0.1, 0.15) is 16.0 Å². The molecule has 3 heteroatoms. The van der Waals surface area contributed by atoms with E-state index in [0.29, 0.717) is 0 Å². The molecule has 0 aliphatic carbocycles. The molecule has 0 unspecified atom stereocenters. The van der Waals surface area contributed by atoms with Crippen LogP contribution in [-0.2, 0) is 12.2 Å². The third-order valence-corrected chi connectivity index (χ3v) is 4.98. The summed E-state index contributed by atoms with van der Waals surface area (Å²) in [6, 6.07) is 8.56. The summed E-state index contributed by atoms with van der Waals surface area (Å²) in [4.78, 5) is 2.85. The topological polar surface area (TPSA) is 9.23 Å². The van der Waals surface area contributed by atoms with Crippen LogP contribution < -0.4 is 4.74 Å². The first kappa shape index (κ1) is 10.2. The molecule has 0 N–H and O–H groups in total. The van der Waals surface area contributed by atoms with Crippen LogP contribution in [-0.4, -0.2) is 7.11 Å². The molecule has 0 saturated carbocycles. The van der Waals surface area contributed by atoms with E-state index in [1.54, 1.807) is 7.11 Å². The molecule has 3 rings (SSSR count). The largest absolute Gasteiger partial charge is 0.496 e. The lowest BCUT2D eigenvalue weighted by Gasteiger charge is -2.10. The molecule has 0 spiro atoms. The maximum atomic E-state index is 5.45. The second-order valence-corrected chi connectivity index (χ2v) is 5.79. The monoisotopic (exact) mass is 248 g/mol. The van der Waals surface area contributed by atoms with Gasteiger partial charge < -0.3 is 4.74 Å². The Kier molecular flexibility index (Phi) is 2.65. The van der Waals surface area contributed by atoms with Gasteiger partial charge in [0.15, 0.2) is 0 Å². The number of benzene rings is 1. The van der Waals surface area contributed by atoms with Crippen molar-refractivity contribution in [3.05, 3.63) is 45.6 Å². The van der Waals surface area contributed by atoms with Gasteiger partial charge in [0.05, 0.1) is 7.11 Å². The number of thioether (sulfide) groups is 1. The summed E-state index contributed by atoms with van der Waals surface area (Å²) in [6.45, 7) is 0. The Morgan fingerprint density at radius 2 is 2.19 bits per heavy atom. The van der Waals surface area contributed by atoms with Crippen LogP contribution in [0.2, 0.25) is 0 Å². The molecule has 82 valence electrons. The molecule has 0 fully saturated rings. The molecule has 1 aromatic heterocycles. The molecule has 0 radical (unpaired) electrons. The minimum atomic E-state index is 1.01. The van der Waals surface area contributed by atoms with Crippen molar-refractivity contribution in [2.75, 3.05) is 7.11 Å². The Bertz CT molecular complexity index is 516. The third-order valence-electron chi connectivity index (χ3n) is 2.87. The fourth-order valence-corrected chi connectivity index (χ4v) is 4.12. The van der Waals surface area contributed by atoms with Crippen LogP contribution >= 0.6 is 23.1 Å². The van der Waals surface area contributed by atoms with E-state index in [1.165, 1.54) is 20.9 Å². The molecule has 2 aromatic rings. The van der Waals surface area contributed by atoms with Gasteiger partial charge in [-0.1, -0.05) is 6.07 Å². The molecule has 1 nitrogen and oxygen atoms in total. The van der Waals surface area contributed by atoms with Crippen molar-refractivity contribution >= 4 is 23.1 Å². The quantitative estimate of drug-likeness (QED) is 0.755. The lowest BCUT2D eigenvalue weighted by Crippen LogP contribution is -1.93. The standard InChI is InChI=1S/C13H12OS2/c1-14-11-3-2-4-12-10(11)7-13-9(8-16-12)5-6-15-13/h2-6H,7-8H2,1H3. The third kappa shape index (κ3) is 1.64. The van der Waals surface area contributed by atoms with Gasteiger partial charge in [0, 0.05) is 27.5 Å². The number of hydrogen-bond donors (Lipinski definition) is 0. The molecule has 0 amide bonds. The molecule has 1 aliphatic heterocycles. The van der Waals surface area contributed by atoms with Gasteiger partial charge in [0.25, 0.3) is 0 Å². The molecule has 16 heavy (non-hydrogen) atoms. The van der Waals surface area contributed by atoms with Gasteiger partial charge in [0.1, 0.15) is 5.75 Å². The van der Waals surface area contributed by atoms with Crippen molar-refractivity contribution in [1.29, 1.82) is 0 Å². The number of methoxy groups -OCH3 is 1. The first-order valence-electron chi connectivity index (χ1n) is 5.22. The summed E-state index contributed by atoms with van der Waals surface area (Å²) in [5, 5.41) is 2.19. The Labute approximate surface area is 103 Å². The van der Waals surface area contributed by atoms with Gasteiger partial charge in [-0.2, -0.15) is 0 Å². The van der Waals surface area contributed by atoms with Crippen LogP contribution in [0.5, 0.6) is 5.75 Å². The van der Waals surface area contributed by atoms with Gasteiger partial charge in [0.2, 0.25) is 0 Å². The van der Waals surface area contributed by atoms with E-state index in [9.17, 15) is 0 Å². The van der Waals surface area contributed by atoms with Gasteiger partial charge in [-0.25, -0.2) is 0 Å². The highest BCUT2D eigenvalue weighted by molar-refractivity contribution is 7.98. The molecule has 1 aromatic carbocycles. The highest BCUT2D eigenvalue weighted by atomic mass is 32.2. The van der Waals surface area contributed by atoms with E-state index in [1.807, 2.05) is 23.1 Å². The van der Waals surface area contributed by atoms with Crippen molar-refractivity contribution < 1.29 is 4.74 Å². The van der Waals surface area contributed by atoms with Crippen molar-refractivity contribution in [1.82, 2.24) is 0 Å². The average Bonchev–Trinajstić information content (AvgIpc) is 2.68. The minimum Gasteiger partial charge on any atom is -0.496 e. The second kappa shape index (κ2) is 4.15. The predicted molar refractivity (Wildman–Crippen MR) is 69.7 cm³/mol. The summed E-state index contributed by atoms with van der Waals surface area (Å²) in [5.41, 5.74) is 2.82. The maximum Gasteiger partial charge on any atom is 0.123 e. The normalized spacial score (nSPS) is 13.8. The van der Waals surface area contributed by atoms with Crippen LogP contribution in [0.15, 0.2) is 34.5 Å². The molecule has 1 aliphatic rings. The smallest absolute Gasteiger partial charge is 0.123 e. The SMILES string of the molecule is COc1cccc2c1Cc1sccc1CS2. The van der Waals surface area contributed by atoms with Crippen LogP contribution in [0.3, 0.4) is 0 Å². The highest BCUT2D eigenvalue weighted by Crippen LogP contribution is 2.39. The molecule has 2 heterocycles. The van der Waals surface area contributed by atoms with Crippen LogP contribution in [0.4, 0.5) is 0 Å². The summed E-state index contributed by atoms with van der Waals surface area (Å²) >= 11 is 3.77. The summed E-state index contributed by atoms with van der Waals surface area (Å²) in [5.74, 6) is 2.10. The summed E-state index contributed by atoms with van der Waals surface area (Å²) in [6.07, 6.45) is 1.01. The van der Waals surface area contributed by atoms with Gasteiger partial charge in [-0.15, -0.1) is 23.1 Å². The van der Waals surface area contributed by atoms with Gasteiger partial charge >= 0.3 is 0 Å². The van der Waals surface area contributed by atoms with E-state index in [-0.39, 0.29) is 0 Å². The Hall–Kier alpha value is -0.930. The summed E-state index contributed by atoms with van der Waals surface area (Å²) < 4.78 is 5.45. The van der Waals surface area contributed by atoms with E-state index in [0.717, 1.165) is 17.9 Å². The number of rotatable bonds is 1. The number of fused-ring (bicyclic) bond motifs is 2. The average molecular weight is 248 g/mol. The predicted octanol–water partition coefficient (Wildman–Crippen LogP) is 3.95. The molecule has 0 bridgehead atoms. The van der Waals surface area contributed by atoms with Gasteiger partial charge in [-0.05, 0) is 29.1 Å². The Balaban J connectivity index is 2.11. The van der Waals surface area contributed by atoms with E-state index in [4.69, 9.17) is 4.74 Å². The van der Waals surface area contributed by atoms with Gasteiger partial charge in [-0.3, -0.25) is 0 Å². The van der Waals surface area contributed by atoms with Crippen LogP contribution in [0, 0.1) is 0 Å². The molecular formula is C13H12OS2. The molecule has 0 saturated heterocycles. The summed E-state index contributed by atoms with van der Waals surface area (Å²) in [7, 11) is 1.75. The second-order valence-electron chi connectivity index (χ2n) is 3.77. The van der Waals surface area contributed by atoms with Crippen LogP contribution in [0.25, 0.3) is 0 Å². The maximum absolute atomic E-state index is 5.45. The first-order chi connectivity index (χ1) is 7.88. The lowest BCUT2D eigenvalue weighted by atomic mass is 10.1. The highest BCUT2D eigenvalue weighted by Gasteiger charge is 2.17. The van der Waals surface area contributed by atoms with E-state index < -0.39 is 0 Å². The van der Waals surface area contributed by atoms with Crippen molar-refractivity contribution in [2.24, 2.45) is 0 Å². The fourth-order valence-electron chi connectivity index (χ4n) is 2.01.